The van der Waals surface area contributed by atoms with Gasteiger partial charge in [0.2, 0.25) is 0 Å². The Hall–Kier alpha value is -0.0800. The van der Waals surface area contributed by atoms with Gasteiger partial charge < -0.3 is 9.84 Å². The molecule has 2 heteroatoms. The lowest BCUT2D eigenvalue weighted by atomic mass is 9.87. The number of fused-ring (bicyclic) bond motifs is 1. The van der Waals surface area contributed by atoms with Crippen LogP contribution in [0.25, 0.3) is 0 Å². The smallest absolute Gasteiger partial charge is 0.0792 e. The van der Waals surface area contributed by atoms with Crippen LogP contribution < -0.4 is 0 Å². The van der Waals surface area contributed by atoms with E-state index >= 15 is 0 Å². The summed E-state index contributed by atoms with van der Waals surface area (Å²) in [5, 5.41) is 9.22. The van der Waals surface area contributed by atoms with Gasteiger partial charge in [-0.3, -0.25) is 0 Å². The quantitative estimate of drug-likeness (QED) is 0.681. The van der Waals surface area contributed by atoms with Crippen molar-refractivity contribution in [2.75, 3.05) is 13.7 Å². The van der Waals surface area contributed by atoms with Crippen LogP contribution in [0.3, 0.4) is 0 Å². The summed E-state index contributed by atoms with van der Waals surface area (Å²) in [6.45, 7) is 2.56. The van der Waals surface area contributed by atoms with Gasteiger partial charge in [-0.15, -0.1) is 0 Å². The number of aliphatic hydroxyl groups is 1. The summed E-state index contributed by atoms with van der Waals surface area (Å²) in [4.78, 5) is 0. The van der Waals surface area contributed by atoms with Gasteiger partial charge in [-0.05, 0) is 12.8 Å². The van der Waals surface area contributed by atoms with E-state index in [-0.39, 0.29) is 11.0 Å². The fourth-order valence-corrected chi connectivity index (χ4v) is 3.38. The first-order valence-corrected chi connectivity index (χ1v) is 4.87. The first kappa shape index (κ1) is 8.52. The summed E-state index contributed by atoms with van der Waals surface area (Å²) < 4.78 is 5.60. The average molecular weight is 170 g/mol. The number of hydrogen-bond acceptors (Lipinski definition) is 2. The van der Waals surface area contributed by atoms with Crippen LogP contribution in [0.15, 0.2) is 0 Å². The molecule has 0 amide bonds. The SMILES string of the molecule is COC12CCCCC1(C)C2CO. The van der Waals surface area contributed by atoms with Gasteiger partial charge in [0.15, 0.2) is 0 Å². The maximum absolute atomic E-state index is 9.22. The van der Waals surface area contributed by atoms with Crippen LogP contribution in [0, 0.1) is 11.3 Å². The minimum Gasteiger partial charge on any atom is -0.396 e. The monoisotopic (exact) mass is 170 g/mol. The van der Waals surface area contributed by atoms with E-state index in [0.717, 1.165) is 6.42 Å². The Bertz CT molecular complexity index is 192. The van der Waals surface area contributed by atoms with Gasteiger partial charge in [0.1, 0.15) is 0 Å². The average Bonchev–Trinajstić information content (AvgIpc) is 2.65. The number of hydrogen-bond donors (Lipinski definition) is 1. The summed E-state index contributed by atoms with van der Waals surface area (Å²) in [5.41, 5.74) is 0.328. The van der Waals surface area contributed by atoms with Crippen LogP contribution in [0.4, 0.5) is 0 Å². The molecular formula is C10H18O2. The Morgan fingerprint density at radius 2 is 2.08 bits per heavy atom. The van der Waals surface area contributed by atoms with Crippen molar-refractivity contribution < 1.29 is 9.84 Å². The number of rotatable bonds is 2. The third-order valence-electron chi connectivity index (χ3n) is 4.26. The van der Waals surface area contributed by atoms with E-state index in [2.05, 4.69) is 6.92 Å². The molecule has 0 aliphatic heterocycles. The van der Waals surface area contributed by atoms with Crippen molar-refractivity contribution >= 4 is 0 Å². The second-order valence-electron chi connectivity index (χ2n) is 4.45. The minimum atomic E-state index is 0.0417. The molecule has 2 aliphatic rings. The van der Waals surface area contributed by atoms with Crippen LogP contribution in [0.5, 0.6) is 0 Å². The Morgan fingerprint density at radius 3 is 2.58 bits per heavy atom. The highest BCUT2D eigenvalue weighted by atomic mass is 16.5. The normalized spacial score (nSPS) is 51.8. The Kier molecular flexibility index (Phi) is 1.74. The molecule has 0 aromatic rings. The van der Waals surface area contributed by atoms with Crippen molar-refractivity contribution in [3.63, 3.8) is 0 Å². The second-order valence-corrected chi connectivity index (χ2v) is 4.45. The van der Waals surface area contributed by atoms with Gasteiger partial charge in [-0.2, -0.15) is 0 Å². The minimum absolute atomic E-state index is 0.0417. The van der Waals surface area contributed by atoms with Crippen LogP contribution in [0.1, 0.15) is 32.6 Å². The molecule has 1 N–H and O–H groups in total. The molecule has 0 bridgehead atoms. The molecule has 12 heavy (non-hydrogen) atoms. The standard InChI is InChI=1S/C10H18O2/c1-9-5-3-4-6-10(9,12-2)8(9)7-11/h8,11H,3-7H2,1-2H3. The van der Waals surface area contributed by atoms with Crippen LogP contribution in [-0.4, -0.2) is 24.4 Å². The summed E-state index contributed by atoms with van der Waals surface area (Å²) in [5.74, 6) is 0.400. The highest BCUT2D eigenvalue weighted by molar-refractivity contribution is 5.23. The van der Waals surface area contributed by atoms with Crippen molar-refractivity contribution in [1.29, 1.82) is 0 Å². The zero-order valence-electron chi connectivity index (χ0n) is 7.97. The molecule has 2 rings (SSSR count). The highest BCUT2D eigenvalue weighted by Gasteiger charge is 2.74. The van der Waals surface area contributed by atoms with Gasteiger partial charge in [-0.25, -0.2) is 0 Å². The van der Waals surface area contributed by atoms with Crippen LogP contribution in [0.2, 0.25) is 0 Å². The largest absolute Gasteiger partial charge is 0.396 e. The second kappa shape index (κ2) is 2.46. The maximum Gasteiger partial charge on any atom is 0.0792 e. The molecule has 0 spiro atoms. The van der Waals surface area contributed by atoms with E-state index in [1.165, 1.54) is 19.3 Å². The molecule has 2 fully saturated rings. The first-order chi connectivity index (χ1) is 5.71. The fourth-order valence-electron chi connectivity index (χ4n) is 3.38. The molecule has 0 aromatic heterocycles. The van der Waals surface area contributed by atoms with Crippen molar-refractivity contribution in [2.45, 2.75) is 38.2 Å². The van der Waals surface area contributed by atoms with E-state index in [9.17, 15) is 5.11 Å². The van der Waals surface area contributed by atoms with Gasteiger partial charge in [0.05, 0.1) is 5.60 Å². The van der Waals surface area contributed by atoms with E-state index < -0.39 is 0 Å². The van der Waals surface area contributed by atoms with Crippen molar-refractivity contribution in [2.24, 2.45) is 11.3 Å². The van der Waals surface area contributed by atoms with Crippen molar-refractivity contribution in [3.05, 3.63) is 0 Å². The zero-order valence-corrected chi connectivity index (χ0v) is 7.97. The van der Waals surface area contributed by atoms with Crippen molar-refractivity contribution in [1.82, 2.24) is 0 Å². The Balaban J connectivity index is 2.20. The van der Waals surface area contributed by atoms with E-state index in [1.807, 2.05) is 0 Å². The summed E-state index contributed by atoms with van der Waals surface area (Å²) >= 11 is 0. The van der Waals surface area contributed by atoms with E-state index in [4.69, 9.17) is 4.74 Å². The van der Waals surface area contributed by atoms with Gasteiger partial charge in [0, 0.05) is 25.0 Å². The lowest BCUT2D eigenvalue weighted by molar-refractivity contribution is 0.0118. The Labute approximate surface area is 73.9 Å². The number of aliphatic hydroxyl groups excluding tert-OH is 1. The molecule has 0 radical (unpaired) electrons. The molecule has 2 saturated carbocycles. The first-order valence-electron chi connectivity index (χ1n) is 4.87. The van der Waals surface area contributed by atoms with E-state index in [0.29, 0.717) is 12.5 Å². The fraction of sp³-hybridized carbons (Fsp3) is 1.00. The Morgan fingerprint density at radius 1 is 1.42 bits per heavy atom. The number of methoxy groups -OCH3 is 1. The summed E-state index contributed by atoms with van der Waals surface area (Å²) in [7, 11) is 1.79. The summed E-state index contributed by atoms with van der Waals surface area (Å²) in [6, 6.07) is 0. The zero-order chi connectivity index (χ0) is 8.82. The lowest BCUT2D eigenvalue weighted by Gasteiger charge is -2.25. The molecule has 0 aromatic carbocycles. The number of ether oxygens (including phenoxy) is 1. The van der Waals surface area contributed by atoms with Crippen LogP contribution in [-0.2, 0) is 4.74 Å². The van der Waals surface area contributed by atoms with Crippen LogP contribution >= 0.6 is 0 Å². The highest BCUT2D eigenvalue weighted by Crippen LogP contribution is 2.70. The lowest BCUT2D eigenvalue weighted by Crippen LogP contribution is -2.24. The molecule has 0 saturated heterocycles. The topological polar surface area (TPSA) is 29.5 Å². The molecule has 2 nitrogen and oxygen atoms in total. The third kappa shape index (κ3) is 0.728. The predicted octanol–water partition coefficient (Wildman–Crippen LogP) is 1.57. The summed E-state index contributed by atoms with van der Waals surface area (Å²) in [6.07, 6.45) is 4.94. The molecule has 2 aliphatic carbocycles. The molecular weight excluding hydrogens is 152 g/mol. The van der Waals surface area contributed by atoms with Crippen molar-refractivity contribution in [3.8, 4) is 0 Å². The van der Waals surface area contributed by atoms with Gasteiger partial charge in [-0.1, -0.05) is 19.8 Å². The maximum atomic E-state index is 9.22. The third-order valence-corrected chi connectivity index (χ3v) is 4.26. The molecule has 0 heterocycles. The van der Waals surface area contributed by atoms with Gasteiger partial charge >= 0.3 is 0 Å². The predicted molar refractivity (Wildman–Crippen MR) is 46.9 cm³/mol. The molecule has 70 valence electrons. The van der Waals surface area contributed by atoms with Gasteiger partial charge in [0.25, 0.3) is 0 Å². The molecule has 3 atom stereocenters. The molecule has 3 unspecified atom stereocenters. The van der Waals surface area contributed by atoms with E-state index in [1.54, 1.807) is 7.11 Å².